The number of cyclic esters (lactones) is 1. The zero-order chi connectivity index (χ0) is 19.0. The second-order valence-electron chi connectivity index (χ2n) is 7.85. The van der Waals surface area contributed by atoms with E-state index in [1.807, 2.05) is 23.1 Å². The van der Waals surface area contributed by atoms with Gasteiger partial charge in [-0.25, -0.2) is 4.79 Å². The number of fused-ring (bicyclic) bond motifs is 1. The van der Waals surface area contributed by atoms with Crippen molar-refractivity contribution in [1.82, 2.24) is 4.90 Å². The van der Waals surface area contributed by atoms with Crippen molar-refractivity contribution in [3.8, 4) is 0 Å². The standard InChI is InChI=1S/C23H25NO3/c1-15(2)17-9-7-16(8-10-17)14-24(19-11-12-19)22(25)21-13-18-5-3-4-6-20(18)23(26)27-21/h3-10,15,19,21H,11-14H2,1-2H3. The van der Waals surface area contributed by atoms with E-state index in [9.17, 15) is 9.59 Å². The van der Waals surface area contributed by atoms with Crippen LogP contribution in [-0.2, 0) is 22.5 Å². The van der Waals surface area contributed by atoms with Gasteiger partial charge >= 0.3 is 5.97 Å². The summed E-state index contributed by atoms with van der Waals surface area (Å²) >= 11 is 0. The minimum absolute atomic E-state index is 0.0757. The van der Waals surface area contributed by atoms with Gasteiger partial charge in [-0.3, -0.25) is 4.79 Å². The molecular formula is C23H25NO3. The molecule has 1 saturated carbocycles. The van der Waals surface area contributed by atoms with Crippen LogP contribution in [0.3, 0.4) is 0 Å². The van der Waals surface area contributed by atoms with Gasteiger partial charge < -0.3 is 9.64 Å². The molecule has 0 aromatic heterocycles. The average molecular weight is 363 g/mol. The third-order valence-corrected chi connectivity index (χ3v) is 5.44. The normalized spacial score (nSPS) is 18.8. The van der Waals surface area contributed by atoms with Crippen LogP contribution in [0.2, 0.25) is 0 Å². The van der Waals surface area contributed by atoms with Gasteiger partial charge in [0.25, 0.3) is 5.91 Å². The molecule has 27 heavy (non-hydrogen) atoms. The van der Waals surface area contributed by atoms with Gasteiger partial charge in [-0.05, 0) is 41.5 Å². The van der Waals surface area contributed by atoms with Crippen LogP contribution in [0, 0.1) is 0 Å². The van der Waals surface area contributed by atoms with Crippen molar-refractivity contribution in [2.75, 3.05) is 0 Å². The number of carbonyl (C=O) groups is 2. The summed E-state index contributed by atoms with van der Waals surface area (Å²) in [6.07, 6.45) is 1.78. The minimum atomic E-state index is -0.720. The Labute approximate surface area is 160 Å². The van der Waals surface area contributed by atoms with E-state index >= 15 is 0 Å². The Hall–Kier alpha value is -2.62. The number of amides is 1. The molecular weight excluding hydrogens is 338 g/mol. The lowest BCUT2D eigenvalue weighted by molar-refractivity contribution is -0.142. The highest BCUT2D eigenvalue weighted by Crippen LogP contribution is 2.31. The van der Waals surface area contributed by atoms with Crippen molar-refractivity contribution in [2.45, 2.75) is 57.7 Å². The molecule has 0 saturated heterocycles. The van der Waals surface area contributed by atoms with E-state index in [-0.39, 0.29) is 11.9 Å². The maximum absolute atomic E-state index is 13.2. The summed E-state index contributed by atoms with van der Waals surface area (Å²) in [6, 6.07) is 16.1. The van der Waals surface area contributed by atoms with E-state index in [1.165, 1.54) is 5.56 Å². The quantitative estimate of drug-likeness (QED) is 0.752. The molecule has 2 aromatic rings. The van der Waals surface area contributed by atoms with Gasteiger partial charge in [0.1, 0.15) is 0 Å². The fourth-order valence-corrected chi connectivity index (χ4v) is 3.63. The number of carbonyl (C=O) groups excluding carboxylic acids is 2. The van der Waals surface area contributed by atoms with Crippen LogP contribution in [0.25, 0.3) is 0 Å². The van der Waals surface area contributed by atoms with E-state index < -0.39 is 12.1 Å². The van der Waals surface area contributed by atoms with Gasteiger partial charge in [0.2, 0.25) is 0 Å². The molecule has 4 heteroatoms. The molecule has 140 valence electrons. The summed E-state index contributed by atoms with van der Waals surface area (Å²) in [4.78, 5) is 27.3. The largest absolute Gasteiger partial charge is 0.448 e. The summed E-state index contributed by atoms with van der Waals surface area (Å²) in [7, 11) is 0. The first-order valence-electron chi connectivity index (χ1n) is 9.71. The van der Waals surface area contributed by atoms with E-state index in [0.717, 1.165) is 24.0 Å². The summed E-state index contributed by atoms with van der Waals surface area (Å²) < 4.78 is 5.49. The van der Waals surface area contributed by atoms with Crippen LogP contribution >= 0.6 is 0 Å². The van der Waals surface area contributed by atoms with E-state index in [0.29, 0.717) is 24.4 Å². The molecule has 1 atom stereocenters. The number of esters is 1. The molecule has 1 aliphatic carbocycles. The van der Waals surface area contributed by atoms with Gasteiger partial charge in [-0.15, -0.1) is 0 Å². The van der Waals surface area contributed by atoms with Crippen molar-refractivity contribution < 1.29 is 14.3 Å². The van der Waals surface area contributed by atoms with Crippen molar-refractivity contribution in [3.05, 3.63) is 70.8 Å². The molecule has 0 radical (unpaired) electrons. The Balaban J connectivity index is 1.51. The fraction of sp³-hybridized carbons (Fsp3) is 0.391. The van der Waals surface area contributed by atoms with Gasteiger partial charge in [0, 0.05) is 19.0 Å². The molecule has 1 fully saturated rings. The molecule has 2 aliphatic rings. The topological polar surface area (TPSA) is 46.6 Å². The molecule has 2 aromatic carbocycles. The first-order chi connectivity index (χ1) is 13.0. The summed E-state index contributed by atoms with van der Waals surface area (Å²) in [5.74, 6) is 0.0162. The Bertz CT molecular complexity index is 852. The molecule has 0 bridgehead atoms. The Morgan fingerprint density at radius 2 is 1.81 bits per heavy atom. The lowest BCUT2D eigenvalue weighted by atomic mass is 9.97. The fourth-order valence-electron chi connectivity index (χ4n) is 3.63. The van der Waals surface area contributed by atoms with Crippen LogP contribution in [-0.4, -0.2) is 28.9 Å². The van der Waals surface area contributed by atoms with Gasteiger partial charge in [-0.2, -0.15) is 0 Å². The zero-order valence-electron chi connectivity index (χ0n) is 15.9. The van der Waals surface area contributed by atoms with Gasteiger partial charge in [0.15, 0.2) is 6.10 Å². The number of ether oxygens (including phenoxy) is 1. The number of benzene rings is 2. The summed E-state index contributed by atoms with van der Waals surface area (Å²) in [6.45, 7) is 4.91. The smallest absolute Gasteiger partial charge is 0.339 e. The number of hydrogen-bond donors (Lipinski definition) is 0. The molecule has 0 spiro atoms. The monoisotopic (exact) mass is 363 g/mol. The lowest BCUT2D eigenvalue weighted by Gasteiger charge is -2.30. The SMILES string of the molecule is CC(C)c1ccc(CN(C(=O)C2Cc3ccccc3C(=O)O2)C2CC2)cc1. The maximum Gasteiger partial charge on any atom is 0.339 e. The predicted octanol–water partition coefficient (Wildman–Crippen LogP) is 4.08. The highest BCUT2D eigenvalue weighted by atomic mass is 16.5. The van der Waals surface area contributed by atoms with Crippen LogP contribution < -0.4 is 0 Å². The first kappa shape index (κ1) is 17.8. The van der Waals surface area contributed by atoms with Crippen molar-refractivity contribution in [3.63, 3.8) is 0 Å². The van der Waals surface area contributed by atoms with Crippen LogP contribution in [0.15, 0.2) is 48.5 Å². The van der Waals surface area contributed by atoms with E-state index in [2.05, 4.69) is 38.1 Å². The Morgan fingerprint density at radius 3 is 2.48 bits per heavy atom. The lowest BCUT2D eigenvalue weighted by Crippen LogP contribution is -2.45. The molecule has 1 heterocycles. The number of hydrogen-bond acceptors (Lipinski definition) is 3. The predicted molar refractivity (Wildman–Crippen MR) is 103 cm³/mol. The van der Waals surface area contributed by atoms with Crippen LogP contribution in [0.1, 0.15) is 59.7 Å². The minimum Gasteiger partial charge on any atom is -0.448 e. The Kier molecular flexibility index (Phi) is 4.73. The molecule has 1 unspecified atom stereocenters. The molecule has 1 aliphatic heterocycles. The third-order valence-electron chi connectivity index (χ3n) is 5.44. The van der Waals surface area contributed by atoms with Gasteiger partial charge in [-0.1, -0.05) is 56.3 Å². The van der Waals surface area contributed by atoms with Crippen molar-refractivity contribution in [2.24, 2.45) is 0 Å². The third kappa shape index (κ3) is 3.75. The van der Waals surface area contributed by atoms with E-state index in [1.54, 1.807) is 6.07 Å². The maximum atomic E-state index is 13.2. The molecule has 0 N–H and O–H groups in total. The van der Waals surface area contributed by atoms with Crippen LogP contribution in [0.5, 0.6) is 0 Å². The average Bonchev–Trinajstić information content (AvgIpc) is 3.51. The molecule has 1 amide bonds. The second-order valence-corrected chi connectivity index (χ2v) is 7.85. The highest BCUT2D eigenvalue weighted by Gasteiger charge is 2.39. The number of rotatable bonds is 5. The molecule has 4 nitrogen and oxygen atoms in total. The van der Waals surface area contributed by atoms with Gasteiger partial charge in [0.05, 0.1) is 5.56 Å². The summed E-state index contributed by atoms with van der Waals surface area (Å²) in [5.41, 5.74) is 3.87. The zero-order valence-corrected chi connectivity index (χ0v) is 15.9. The highest BCUT2D eigenvalue weighted by molar-refractivity contribution is 5.95. The van der Waals surface area contributed by atoms with E-state index in [4.69, 9.17) is 4.74 Å². The number of nitrogens with zero attached hydrogens (tertiary/aromatic N) is 1. The molecule has 4 rings (SSSR count). The first-order valence-corrected chi connectivity index (χ1v) is 9.71. The Morgan fingerprint density at radius 1 is 1.11 bits per heavy atom. The van der Waals surface area contributed by atoms with Crippen molar-refractivity contribution in [1.29, 1.82) is 0 Å². The van der Waals surface area contributed by atoms with Crippen LogP contribution in [0.4, 0.5) is 0 Å². The second kappa shape index (κ2) is 7.18. The van der Waals surface area contributed by atoms with Crippen molar-refractivity contribution >= 4 is 11.9 Å². The summed E-state index contributed by atoms with van der Waals surface area (Å²) in [5, 5.41) is 0.